The molecule has 6 nitrogen and oxygen atoms in total. The number of aliphatic hydroxyl groups excluding tert-OH is 2. The van der Waals surface area contributed by atoms with Gasteiger partial charge in [-0.1, -0.05) is 18.2 Å². The van der Waals surface area contributed by atoms with Gasteiger partial charge in [0.2, 0.25) is 4.87 Å². The molecule has 0 aromatic carbocycles. The molecular formula is C14H17N2O4S2+. The Morgan fingerprint density at radius 3 is 2.86 bits per heavy atom. The van der Waals surface area contributed by atoms with E-state index >= 15 is 0 Å². The van der Waals surface area contributed by atoms with Crippen LogP contribution in [-0.2, 0) is 19.5 Å². The molecule has 22 heavy (non-hydrogen) atoms. The first-order chi connectivity index (χ1) is 10.4. The molecule has 4 heterocycles. The van der Waals surface area contributed by atoms with Crippen LogP contribution in [0.25, 0.3) is 0 Å². The van der Waals surface area contributed by atoms with Gasteiger partial charge in [0.05, 0.1) is 22.1 Å². The zero-order chi connectivity index (χ0) is 15.9. The molecule has 5 rings (SSSR count). The first-order valence-corrected chi connectivity index (χ1v) is 10.0. The number of piperazine rings is 1. The van der Waals surface area contributed by atoms with E-state index in [4.69, 9.17) is 0 Å². The van der Waals surface area contributed by atoms with Crippen LogP contribution >= 0.6 is 10.8 Å². The van der Waals surface area contributed by atoms with Gasteiger partial charge in [0.1, 0.15) is 23.7 Å². The normalized spacial score (nSPS) is 46.0. The fourth-order valence-electron chi connectivity index (χ4n) is 3.97. The van der Waals surface area contributed by atoms with Crippen LogP contribution in [0.15, 0.2) is 23.8 Å². The minimum absolute atomic E-state index is 0.153. The highest BCUT2D eigenvalue weighted by molar-refractivity contribution is 8.75. The summed E-state index contributed by atoms with van der Waals surface area (Å²) in [5.41, 5.74) is 0.908. The zero-order valence-corrected chi connectivity index (χ0v) is 13.9. The number of carbonyl (C=O) groups excluding carboxylic acids is 2. The Labute approximate surface area is 134 Å². The number of hydrogen-bond donors (Lipinski definition) is 2. The largest absolute Gasteiger partial charge is 0.388 e. The smallest absolute Gasteiger partial charge is 0.316 e. The molecule has 1 unspecified atom stereocenters. The number of likely N-dealkylation sites (N-methyl/N-ethyl adjacent to an activating group) is 1. The number of nitrogens with zero attached hydrogens (tertiary/aromatic N) is 2. The Balaban J connectivity index is 1.93. The maximum atomic E-state index is 13.2. The van der Waals surface area contributed by atoms with Crippen LogP contribution in [0, 0.1) is 0 Å². The summed E-state index contributed by atoms with van der Waals surface area (Å²) in [4.78, 5) is 27.0. The first kappa shape index (κ1) is 14.6. The molecule has 0 saturated carbocycles. The molecule has 1 spiro atoms. The van der Waals surface area contributed by atoms with Gasteiger partial charge in [-0.05, 0) is 5.57 Å². The van der Waals surface area contributed by atoms with E-state index in [0.717, 1.165) is 5.57 Å². The Bertz CT molecular complexity index is 651. The maximum Gasteiger partial charge on any atom is 0.316 e. The summed E-state index contributed by atoms with van der Waals surface area (Å²) < 4.78 is 0. The monoisotopic (exact) mass is 341 g/mol. The van der Waals surface area contributed by atoms with Crippen molar-refractivity contribution >= 4 is 32.5 Å². The highest BCUT2D eigenvalue weighted by atomic mass is 33.1. The first-order valence-electron chi connectivity index (χ1n) is 7.04. The summed E-state index contributed by atoms with van der Waals surface area (Å²) >= 11 is 0. The van der Waals surface area contributed by atoms with Crippen molar-refractivity contribution in [1.82, 2.24) is 9.80 Å². The van der Waals surface area contributed by atoms with Crippen molar-refractivity contribution in [3.05, 3.63) is 23.8 Å². The number of carbonyl (C=O) groups is 2. The molecule has 4 fully saturated rings. The average molecular weight is 341 g/mol. The molecule has 2 bridgehead atoms. The van der Waals surface area contributed by atoms with Crippen molar-refractivity contribution in [1.29, 1.82) is 0 Å². The van der Waals surface area contributed by atoms with Gasteiger partial charge < -0.3 is 10.2 Å². The van der Waals surface area contributed by atoms with Crippen molar-refractivity contribution in [2.45, 2.75) is 28.3 Å². The van der Waals surface area contributed by atoms with Crippen molar-refractivity contribution < 1.29 is 19.8 Å². The lowest BCUT2D eigenvalue weighted by Gasteiger charge is -2.55. The number of aliphatic hydroxyl groups is 2. The number of fused-ring (bicyclic) bond motifs is 3. The van der Waals surface area contributed by atoms with Crippen molar-refractivity contribution in [2.24, 2.45) is 0 Å². The molecule has 8 heteroatoms. The summed E-state index contributed by atoms with van der Waals surface area (Å²) in [7, 11) is 2.55. The van der Waals surface area contributed by atoms with E-state index in [1.807, 2.05) is 12.3 Å². The highest BCUT2D eigenvalue weighted by Gasteiger charge is 2.80. The fourth-order valence-corrected chi connectivity index (χ4v) is 9.22. The van der Waals surface area contributed by atoms with Gasteiger partial charge in [0.15, 0.2) is 0 Å². The summed E-state index contributed by atoms with van der Waals surface area (Å²) in [5, 5.41) is 20.3. The van der Waals surface area contributed by atoms with Crippen LogP contribution in [0.5, 0.6) is 0 Å². The molecule has 0 radical (unpaired) electrons. The molecule has 5 aliphatic rings. The third kappa shape index (κ3) is 1.34. The average Bonchev–Trinajstić information content (AvgIpc) is 2.82. The van der Waals surface area contributed by atoms with Gasteiger partial charge in [0, 0.05) is 13.5 Å². The molecule has 1 aliphatic carbocycles. The molecule has 5 atom stereocenters. The summed E-state index contributed by atoms with van der Waals surface area (Å²) in [6, 6.07) is -0.495. The second-order valence-electron chi connectivity index (χ2n) is 6.04. The summed E-state index contributed by atoms with van der Waals surface area (Å²) in [5.74, 6) is -0.399. The zero-order valence-electron chi connectivity index (χ0n) is 12.2. The molecular weight excluding hydrogens is 324 g/mol. The SMILES string of the molecule is CN1C(=O)[C@]23CC4=CC=C[C@H](O)[C@H]4N2C(=O)[C@@]1(CO)[S+](C)S3. The lowest BCUT2D eigenvalue weighted by Crippen LogP contribution is -2.81. The van der Waals surface area contributed by atoms with E-state index in [1.165, 1.54) is 15.7 Å². The van der Waals surface area contributed by atoms with Gasteiger partial charge >= 0.3 is 10.8 Å². The molecule has 4 aliphatic heterocycles. The lowest BCUT2D eigenvalue weighted by molar-refractivity contribution is -0.168. The Hall–Kier alpha value is -0.960. The fraction of sp³-hybridized carbons (Fsp3) is 0.571. The van der Waals surface area contributed by atoms with E-state index in [9.17, 15) is 19.8 Å². The van der Waals surface area contributed by atoms with Crippen molar-refractivity contribution in [2.75, 3.05) is 19.9 Å². The van der Waals surface area contributed by atoms with Crippen LogP contribution in [-0.4, -0.2) is 73.6 Å². The van der Waals surface area contributed by atoms with Gasteiger partial charge in [-0.15, -0.1) is 0 Å². The second-order valence-corrected chi connectivity index (χ2v) is 10.5. The van der Waals surface area contributed by atoms with Gasteiger partial charge in [-0.2, -0.15) is 0 Å². The van der Waals surface area contributed by atoms with Gasteiger partial charge in [-0.3, -0.25) is 19.4 Å². The minimum atomic E-state index is -1.21. The van der Waals surface area contributed by atoms with E-state index in [1.54, 1.807) is 24.1 Å². The van der Waals surface area contributed by atoms with Crippen LogP contribution in [0.3, 0.4) is 0 Å². The topological polar surface area (TPSA) is 81.1 Å². The number of allylic oxidation sites excluding steroid dienone is 2. The lowest BCUT2D eigenvalue weighted by atomic mass is 9.97. The van der Waals surface area contributed by atoms with Crippen molar-refractivity contribution in [3.63, 3.8) is 0 Å². The van der Waals surface area contributed by atoms with Crippen molar-refractivity contribution in [3.8, 4) is 0 Å². The van der Waals surface area contributed by atoms with Crippen LogP contribution in [0.4, 0.5) is 0 Å². The minimum Gasteiger partial charge on any atom is -0.388 e. The standard InChI is InChI=1S/C14H17N2O4S2/c1-15-11(19)13-6-8-4-3-5-9(18)10(8)16(13)12(20)14(15,7-17)22(2)21-13/h3-5,9-10,17-18H,6-7H2,1-2H3/q+1/t9-,10-,13+,14+,22?/m0/s1. The molecule has 2 N–H and O–H groups in total. The van der Waals surface area contributed by atoms with Crippen LogP contribution in [0.2, 0.25) is 0 Å². The quantitative estimate of drug-likeness (QED) is 0.483. The molecule has 2 amide bonds. The Morgan fingerprint density at radius 1 is 1.45 bits per heavy atom. The second kappa shape index (κ2) is 4.31. The third-order valence-electron chi connectivity index (χ3n) is 5.12. The Kier molecular flexibility index (Phi) is 2.87. The van der Waals surface area contributed by atoms with E-state index < -0.39 is 38.4 Å². The molecule has 0 aromatic heterocycles. The third-order valence-corrected chi connectivity index (χ3v) is 10.1. The number of rotatable bonds is 1. The Morgan fingerprint density at radius 2 is 2.18 bits per heavy atom. The van der Waals surface area contributed by atoms with E-state index in [0.29, 0.717) is 6.42 Å². The molecule has 118 valence electrons. The van der Waals surface area contributed by atoms with Crippen LogP contribution in [0.1, 0.15) is 6.42 Å². The summed E-state index contributed by atoms with van der Waals surface area (Å²) in [6.07, 6.45) is 6.84. The van der Waals surface area contributed by atoms with E-state index in [-0.39, 0.29) is 11.8 Å². The molecule has 4 saturated heterocycles. The van der Waals surface area contributed by atoms with Crippen LogP contribution < -0.4 is 0 Å². The summed E-state index contributed by atoms with van der Waals surface area (Å²) in [6.45, 7) is -0.398. The predicted octanol–water partition coefficient (Wildman–Crippen LogP) is -0.789. The molecule has 0 aromatic rings. The van der Waals surface area contributed by atoms with Gasteiger partial charge in [-0.25, -0.2) is 0 Å². The highest BCUT2D eigenvalue weighted by Crippen LogP contribution is 2.61. The number of amides is 2. The van der Waals surface area contributed by atoms with Gasteiger partial charge in [0.25, 0.3) is 5.91 Å². The van der Waals surface area contributed by atoms with E-state index in [2.05, 4.69) is 0 Å². The predicted molar refractivity (Wildman–Crippen MR) is 84.7 cm³/mol. The number of hydrogen-bond acceptors (Lipinski definition) is 5. The maximum absolute atomic E-state index is 13.2.